The third-order valence-corrected chi connectivity index (χ3v) is 2.18. The molecule has 5 nitrogen and oxygen atoms in total. The summed E-state index contributed by atoms with van der Waals surface area (Å²) in [5, 5.41) is 2.47. The van der Waals surface area contributed by atoms with Crippen LogP contribution in [0.1, 0.15) is 20.8 Å². The zero-order valence-electron chi connectivity index (χ0n) is 10.3. The van der Waals surface area contributed by atoms with Crippen LogP contribution in [-0.4, -0.2) is 42.8 Å². The first kappa shape index (κ1) is 15.1. The summed E-state index contributed by atoms with van der Waals surface area (Å²) >= 11 is 1.44. The van der Waals surface area contributed by atoms with Crippen LogP contribution >= 0.6 is 11.8 Å². The van der Waals surface area contributed by atoms with E-state index in [-0.39, 0.29) is 0 Å². The van der Waals surface area contributed by atoms with Crippen LogP contribution in [0, 0.1) is 0 Å². The highest BCUT2D eigenvalue weighted by Gasteiger charge is 2.24. The third-order valence-electron chi connectivity index (χ3n) is 1.51. The van der Waals surface area contributed by atoms with E-state index in [0.717, 1.165) is 0 Å². The van der Waals surface area contributed by atoms with Gasteiger partial charge in [0.05, 0.1) is 7.11 Å². The van der Waals surface area contributed by atoms with Crippen LogP contribution in [0.25, 0.3) is 0 Å². The SMILES string of the molecule is COC(=O)[C@H](CSC)NC(=O)OC(C)(C)C. The van der Waals surface area contributed by atoms with E-state index in [1.165, 1.54) is 18.9 Å². The summed E-state index contributed by atoms with van der Waals surface area (Å²) in [4.78, 5) is 22.7. The van der Waals surface area contributed by atoms with Gasteiger partial charge in [-0.3, -0.25) is 0 Å². The van der Waals surface area contributed by atoms with Crippen LogP contribution in [0.3, 0.4) is 0 Å². The summed E-state index contributed by atoms with van der Waals surface area (Å²) in [6.07, 6.45) is 1.23. The Kier molecular flexibility index (Phi) is 6.25. The van der Waals surface area contributed by atoms with Gasteiger partial charge < -0.3 is 14.8 Å². The maximum atomic E-state index is 11.4. The Morgan fingerprint density at radius 1 is 1.38 bits per heavy atom. The number of hydrogen-bond acceptors (Lipinski definition) is 5. The number of carbonyl (C=O) groups is 2. The van der Waals surface area contributed by atoms with Crippen LogP contribution in [-0.2, 0) is 14.3 Å². The molecule has 0 aliphatic rings. The lowest BCUT2D eigenvalue weighted by Crippen LogP contribution is -2.45. The highest BCUT2D eigenvalue weighted by Crippen LogP contribution is 2.07. The molecule has 0 aromatic carbocycles. The summed E-state index contributed by atoms with van der Waals surface area (Å²) in [7, 11) is 1.28. The standard InChI is InChI=1S/C10H19NO4S/c1-10(2,3)15-9(13)11-7(6-16-5)8(12)14-4/h7H,6H2,1-5H3,(H,11,13)/t7-/m0/s1. The molecule has 0 aliphatic carbocycles. The Hall–Kier alpha value is -0.910. The molecule has 6 heteroatoms. The second-order valence-corrected chi connectivity index (χ2v) is 5.09. The number of rotatable bonds is 4. The molecular weight excluding hydrogens is 230 g/mol. The smallest absolute Gasteiger partial charge is 0.408 e. The molecule has 1 atom stereocenters. The summed E-state index contributed by atoms with van der Waals surface area (Å²) in [5.74, 6) is -0.0217. The van der Waals surface area contributed by atoms with Gasteiger partial charge in [-0.15, -0.1) is 0 Å². The Balaban J connectivity index is 4.29. The molecule has 0 heterocycles. The van der Waals surface area contributed by atoms with Gasteiger partial charge in [-0.05, 0) is 27.0 Å². The van der Waals surface area contributed by atoms with E-state index in [9.17, 15) is 9.59 Å². The van der Waals surface area contributed by atoms with Crippen molar-refractivity contribution in [3.05, 3.63) is 0 Å². The van der Waals surface area contributed by atoms with Crippen LogP contribution in [0.4, 0.5) is 4.79 Å². The minimum Gasteiger partial charge on any atom is -0.467 e. The van der Waals surface area contributed by atoms with Crippen molar-refractivity contribution >= 4 is 23.8 Å². The molecule has 94 valence electrons. The molecule has 0 unspecified atom stereocenters. The number of ether oxygens (including phenoxy) is 2. The number of esters is 1. The largest absolute Gasteiger partial charge is 0.467 e. The molecule has 0 radical (unpaired) electrons. The second kappa shape index (κ2) is 6.62. The monoisotopic (exact) mass is 249 g/mol. The molecule has 0 aromatic heterocycles. The lowest BCUT2D eigenvalue weighted by molar-refractivity contribution is -0.142. The number of methoxy groups -OCH3 is 1. The van der Waals surface area contributed by atoms with Crippen LogP contribution in [0.2, 0.25) is 0 Å². The van der Waals surface area contributed by atoms with Crippen molar-refractivity contribution in [1.82, 2.24) is 5.32 Å². The molecule has 0 saturated heterocycles. The predicted octanol–water partition coefficient (Wildman–Crippen LogP) is 1.42. The van der Waals surface area contributed by atoms with Gasteiger partial charge in [0.2, 0.25) is 0 Å². The highest BCUT2D eigenvalue weighted by atomic mass is 32.2. The number of carbonyl (C=O) groups excluding carboxylic acids is 2. The van der Waals surface area contributed by atoms with Gasteiger partial charge in [-0.1, -0.05) is 0 Å². The number of alkyl carbamates (subject to hydrolysis) is 1. The highest BCUT2D eigenvalue weighted by molar-refractivity contribution is 7.98. The lowest BCUT2D eigenvalue weighted by atomic mass is 10.2. The van der Waals surface area contributed by atoms with Crippen molar-refractivity contribution in [1.29, 1.82) is 0 Å². The van der Waals surface area contributed by atoms with Gasteiger partial charge in [0.25, 0.3) is 0 Å². The average molecular weight is 249 g/mol. The van der Waals surface area contributed by atoms with Crippen LogP contribution in [0.15, 0.2) is 0 Å². The van der Waals surface area contributed by atoms with E-state index < -0.39 is 23.7 Å². The van der Waals surface area contributed by atoms with Crippen LogP contribution < -0.4 is 5.32 Å². The summed E-state index contributed by atoms with van der Waals surface area (Å²) in [5.41, 5.74) is -0.579. The molecular formula is C10H19NO4S. The average Bonchev–Trinajstić information content (AvgIpc) is 2.13. The molecule has 1 N–H and O–H groups in total. The molecule has 0 fully saturated rings. The lowest BCUT2D eigenvalue weighted by Gasteiger charge is -2.22. The van der Waals surface area contributed by atoms with Crippen molar-refractivity contribution in [2.75, 3.05) is 19.1 Å². The van der Waals surface area contributed by atoms with Crippen molar-refractivity contribution in [2.24, 2.45) is 0 Å². The van der Waals surface area contributed by atoms with Gasteiger partial charge in [0, 0.05) is 5.75 Å². The fourth-order valence-corrected chi connectivity index (χ4v) is 1.48. The molecule has 16 heavy (non-hydrogen) atoms. The molecule has 0 rings (SSSR count). The van der Waals surface area contributed by atoms with Gasteiger partial charge in [0.1, 0.15) is 11.6 Å². The van der Waals surface area contributed by atoms with E-state index in [2.05, 4.69) is 10.1 Å². The van der Waals surface area contributed by atoms with E-state index in [1.807, 2.05) is 6.26 Å². The van der Waals surface area contributed by atoms with Crippen molar-refractivity contribution in [2.45, 2.75) is 32.4 Å². The van der Waals surface area contributed by atoms with Crippen molar-refractivity contribution in [3.63, 3.8) is 0 Å². The fourth-order valence-electron chi connectivity index (χ4n) is 0.927. The Labute approximate surface area is 100 Å². The zero-order chi connectivity index (χ0) is 12.8. The molecule has 0 aromatic rings. The van der Waals surface area contributed by atoms with Gasteiger partial charge in [-0.25, -0.2) is 9.59 Å². The Morgan fingerprint density at radius 2 is 1.94 bits per heavy atom. The Morgan fingerprint density at radius 3 is 2.31 bits per heavy atom. The van der Waals surface area contributed by atoms with Crippen molar-refractivity contribution in [3.8, 4) is 0 Å². The third kappa shape index (κ3) is 6.55. The zero-order valence-corrected chi connectivity index (χ0v) is 11.1. The number of amides is 1. The quantitative estimate of drug-likeness (QED) is 0.763. The topological polar surface area (TPSA) is 64.6 Å². The maximum absolute atomic E-state index is 11.4. The number of thioether (sulfide) groups is 1. The molecule has 1 amide bonds. The summed E-state index contributed by atoms with van der Waals surface area (Å²) in [6.45, 7) is 5.27. The maximum Gasteiger partial charge on any atom is 0.408 e. The minimum atomic E-state index is -0.671. The second-order valence-electron chi connectivity index (χ2n) is 4.18. The van der Waals surface area contributed by atoms with E-state index in [0.29, 0.717) is 5.75 Å². The van der Waals surface area contributed by atoms with Gasteiger partial charge >= 0.3 is 12.1 Å². The number of nitrogens with one attached hydrogen (secondary N) is 1. The summed E-state index contributed by atoms with van der Waals surface area (Å²) in [6, 6.07) is -0.671. The van der Waals surface area contributed by atoms with Gasteiger partial charge in [-0.2, -0.15) is 11.8 Å². The predicted molar refractivity (Wildman–Crippen MR) is 63.6 cm³/mol. The fraction of sp³-hybridized carbons (Fsp3) is 0.800. The first-order valence-electron chi connectivity index (χ1n) is 4.86. The van der Waals surface area contributed by atoms with E-state index in [4.69, 9.17) is 4.74 Å². The number of hydrogen-bond donors (Lipinski definition) is 1. The molecule has 0 aliphatic heterocycles. The minimum absolute atomic E-state index is 0.450. The van der Waals surface area contributed by atoms with Crippen molar-refractivity contribution < 1.29 is 19.1 Å². The van der Waals surface area contributed by atoms with Gasteiger partial charge in [0.15, 0.2) is 0 Å². The molecule has 0 saturated carbocycles. The molecule has 0 bridgehead atoms. The molecule has 0 spiro atoms. The van der Waals surface area contributed by atoms with E-state index in [1.54, 1.807) is 20.8 Å². The van der Waals surface area contributed by atoms with E-state index >= 15 is 0 Å². The first-order chi connectivity index (χ1) is 7.30. The first-order valence-corrected chi connectivity index (χ1v) is 6.26. The summed E-state index contributed by atoms with van der Waals surface area (Å²) < 4.78 is 9.62. The normalized spacial score (nSPS) is 12.8. The Bertz CT molecular complexity index is 250. The van der Waals surface area contributed by atoms with Crippen LogP contribution in [0.5, 0.6) is 0 Å².